The fourth-order valence-electron chi connectivity index (χ4n) is 2.89. The molecule has 8 heteroatoms. The lowest BCUT2D eigenvalue weighted by atomic mass is 10.1. The molecule has 1 amide bonds. The van der Waals surface area contributed by atoms with E-state index in [0.717, 1.165) is 12.0 Å². The van der Waals surface area contributed by atoms with E-state index >= 15 is 0 Å². The van der Waals surface area contributed by atoms with Gasteiger partial charge in [0.2, 0.25) is 0 Å². The number of benzene rings is 1. The van der Waals surface area contributed by atoms with Crippen LogP contribution in [-0.2, 0) is 4.74 Å². The summed E-state index contributed by atoms with van der Waals surface area (Å²) in [7, 11) is 0. The largest absolute Gasteiger partial charge is 0.444 e. The summed E-state index contributed by atoms with van der Waals surface area (Å²) in [6.07, 6.45) is 2.16. The van der Waals surface area contributed by atoms with Gasteiger partial charge in [0.25, 0.3) is 0 Å². The van der Waals surface area contributed by atoms with Gasteiger partial charge in [-0.25, -0.2) is 4.79 Å². The lowest BCUT2D eigenvalue weighted by molar-refractivity contribution is 0.0289. The molecular weight excluding hydrogens is 342 g/mol. The molecule has 2 heterocycles. The highest BCUT2D eigenvalue weighted by molar-refractivity contribution is 6.31. The zero-order valence-corrected chi connectivity index (χ0v) is 15.3. The average molecular weight is 364 g/mol. The predicted molar refractivity (Wildman–Crippen MR) is 96.3 cm³/mol. The maximum absolute atomic E-state index is 12.3. The Morgan fingerprint density at radius 1 is 1.40 bits per heavy atom. The van der Waals surface area contributed by atoms with Crippen LogP contribution in [0.2, 0.25) is 5.02 Å². The van der Waals surface area contributed by atoms with Gasteiger partial charge in [-0.1, -0.05) is 11.6 Å². The number of nitrogens with zero attached hydrogens (tertiary/aromatic N) is 4. The lowest BCUT2D eigenvalue weighted by Crippen LogP contribution is -2.35. The zero-order chi connectivity index (χ0) is 18.2. The summed E-state index contributed by atoms with van der Waals surface area (Å²) in [6.45, 7) is 6.75. The Morgan fingerprint density at radius 3 is 2.88 bits per heavy atom. The van der Waals surface area contributed by atoms with Crippen molar-refractivity contribution in [3.8, 4) is 11.4 Å². The highest BCUT2D eigenvalue weighted by atomic mass is 35.5. The lowest BCUT2D eigenvalue weighted by Gasteiger charge is -2.24. The minimum absolute atomic E-state index is 0.0656. The summed E-state index contributed by atoms with van der Waals surface area (Å²) >= 11 is 6.09. The summed E-state index contributed by atoms with van der Waals surface area (Å²) in [5, 5.41) is 8.81. The van der Waals surface area contributed by atoms with Crippen molar-refractivity contribution in [2.75, 3.05) is 18.8 Å². The van der Waals surface area contributed by atoms with E-state index in [-0.39, 0.29) is 12.1 Å². The number of hydrogen-bond donors (Lipinski definition) is 1. The number of ether oxygens (including phenoxy) is 1. The second-order valence-corrected chi connectivity index (χ2v) is 7.60. The summed E-state index contributed by atoms with van der Waals surface area (Å²) in [5.74, 6) is 0.649. The van der Waals surface area contributed by atoms with Crippen LogP contribution < -0.4 is 5.73 Å². The molecule has 0 aliphatic carbocycles. The van der Waals surface area contributed by atoms with Crippen molar-refractivity contribution in [2.24, 2.45) is 0 Å². The number of nitrogen functional groups attached to an aromatic ring is 1. The molecule has 1 fully saturated rings. The zero-order valence-electron chi connectivity index (χ0n) is 14.6. The maximum Gasteiger partial charge on any atom is 0.410 e. The number of carbonyl (C=O) groups excluding carboxylic acids is 1. The molecule has 1 aromatic heterocycles. The SMILES string of the molecule is CC(C)(C)OC(=O)N1CC[C@H](n2cnnc2-c2cc(Cl)ccc2N)C1. The van der Waals surface area contributed by atoms with Gasteiger partial charge in [-0.15, -0.1) is 10.2 Å². The number of amides is 1. The van der Waals surface area contributed by atoms with Crippen LogP contribution in [0.4, 0.5) is 10.5 Å². The molecule has 134 valence electrons. The van der Waals surface area contributed by atoms with Gasteiger partial charge >= 0.3 is 6.09 Å². The fourth-order valence-corrected chi connectivity index (χ4v) is 3.06. The Labute approximate surface area is 151 Å². The van der Waals surface area contributed by atoms with Crippen LogP contribution in [0.5, 0.6) is 0 Å². The second kappa shape index (κ2) is 6.55. The van der Waals surface area contributed by atoms with Gasteiger partial charge in [-0.05, 0) is 45.4 Å². The summed E-state index contributed by atoms with van der Waals surface area (Å²) < 4.78 is 7.40. The van der Waals surface area contributed by atoms with E-state index in [1.54, 1.807) is 29.4 Å². The molecule has 25 heavy (non-hydrogen) atoms. The molecule has 0 bridgehead atoms. The number of aromatic nitrogens is 3. The first-order valence-electron chi connectivity index (χ1n) is 8.17. The molecule has 1 atom stereocenters. The van der Waals surface area contributed by atoms with Gasteiger partial charge in [0.15, 0.2) is 5.82 Å². The second-order valence-electron chi connectivity index (χ2n) is 7.16. The van der Waals surface area contributed by atoms with E-state index in [1.165, 1.54) is 0 Å². The molecule has 1 aromatic carbocycles. The van der Waals surface area contributed by atoms with E-state index in [0.29, 0.717) is 29.6 Å². The molecule has 7 nitrogen and oxygen atoms in total. The molecule has 1 aliphatic rings. The van der Waals surface area contributed by atoms with Gasteiger partial charge in [-0.2, -0.15) is 0 Å². The Balaban J connectivity index is 1.80. The van der Waals surface area contributed by atoms with Gasteiger partial charge in [0, 0.05) is 29.4 Å². The molecule has 2 aromatic rings. The van der Waals surface area contributed by atoms with Crippen molar-refractivity contribution >= 4 is 23.4 Å². The van der Waals surface area contributed by atoms with Crippen molar-refractivity contribution in [2.45, 2.75) is 38.8 Å². The molecule has 1 saturated heterocycles. The van der Waals surface area contributed by atoms with Crippen LogP contribution in [0.1, 0.15) is 33.2 Å². The third kappa shape index (κ3) is 3.87. The third-order valence-electron chi connectivity index (χ3n) is 4.04. The first kappa shape index (κ1) is 17.5. The van der Waals surface area contributed by atoms with Gasteiger partial charge in [0.1, 0.15) is 11.9 Å². The number of hydrogen-bond acceptors (Lipinski definition) is 5. The molecule has 0 radical (unpaired) electrons. The number of rotatable bonds is 2. The average Bonchev–Trinajstić information content (AvgIpc) is 3.15. The summed E-state index contributed by atoms with van der Waals surface area (Å²) in [6, 6.07) is 5.33. The number of halogens is 1. The monoisotopic (exact) mass is 363 g/mol. The van der Waals surface area contributed by atoms with E-state index in [9.17, 15) is 4.79 Å². The summed E-state index contributed by atoms with van der Waals surface area (Å²) in [5.41, 5.74) is 6.88. The third-order valence-corrected chi connectivity index (χ3v) is 4.27. The smallest absolute Gasteiger partial charge is 0.410 e. The molecule has 0 saturated carbocycles. The Kier molecular flexibility index (Phi) is 4.60. The van der Waals surface area contributed by atoms with Crippen molar-refractivity contribution in [3.05, 3.63) is 29.5 Å². The molecular formula is C17H22ClN5O2. The standard InChI is InChI=1S/C17H22ClN5O2/c1-17(2,3)25-16(24)22-7-6-12(9-22)23-10-20-21-15(23)13-8-11(18)4-5-14(13)19/h4-5,8,10,12H,6-7,9,19H2,1-3H3/t12-/m0/s1. The fraction of sp³-hybridized carbons (Fsp3) is 0.471. The van der Waals surface area contributed by atoms with E-state index in [4.69, 9.17) is 22.1 Å². The van der Waals surface area contributed by atoms with E-state index in [2.05, 4.69) is 10.2 Å². The topological polar surface area (TPSA) is 86.3 Å². The van der Waals surface area contributed by atoms with E-state index in [1.807, 2.05) is 25.3 Å². The Bertz CT molecular complexity index is 784. The van der Waals surface area contributed by atoms with Crippen molar-refractivity contribution < 1.29 is 9.53 Å². The number of likely N-dealkylation sites (tertiary alicyclic amines) is 1. The minimum atomic E-state index is -0.508. The number of carbonyl (C=O) groups is 1. The maximum atomic E-state index is 12.3. The highest BCUT2D eigenvalue weighted by Gasteiger charge is 2.32. The number of anilines is 1. The van der Waals surface area contributed by atoms with Crippen LogP contribution in [0.25, 0.3) is 11.4 Å². The molecule has 2 N–H and O–H groups in total. The van der Waals surface area contributed by atoms with Gasteiger partial charge < -0.3 is 19.9 Å². The Hall–Kier alpha value is -2.28. The first-order chi connectivity index (χ1) is 11.7. The van der Waals surface area contributed by atoms with Crippen LogP contribution in [0, 0.1) is 0 Å². The molecule has 1 aliphatic heterocycles. The number of nitrogens with two attached hydrogens (primary N) is 1. The van der Waals surface area contributed by atoms with Crippen molar-refractivity contribution in [1.29, 1.82) is 0 Å². The summed E-state index contributed by atoms with van der Waals surface area (Å²) in [4.78, 5) is 14.0. The van der Waals surface area contributed by atoms with Crippen LogP contribution >= 0.6 is 11.6 Å². The quantitative estimate of drug-likeness (QED) is 0.827. The van der Waals surface area contributed by atoms with Crippen LogP contribution in [0.3, 0.4) is 0 Å². The van der Waals surface area contributed by atoms with E-state index < -0.39 is 5.60 Å². The molecule has 3 rings (SSSR count). The Morgan fingerprint density at radius 2 is 2.16 bits per heavy atom. The normalized spacial score (nSPS) is 17.8. The van der Waals surface area contributed by atoms with Crippen LogP contribution in [0.15, 0.2) is 24.5 Å². The first-order valence-corrected chi connectivity index (χ1v) is 8.55. The minimum Gasteiger partial charge on any atom is -0.444 e. The van der Waals surface area contributed by atoms with Gasteiger partial charge in [0.05, 0.1) is 6.04 Å². The van der Waals surface area contributed by atoms with Crippen molar-refractivity contribution in [1.82, 2.24) is 19.7 Å². The highest BCUT2D eigenvalue weighted by Crippen LogP contribution is 2.32. The predicted octanol–water partition coefficient (Wildman–Crippen LogP) is 3.36. The van der Waals surface area contributed by atoms with Crippen LogP contribution in [-0.4, -0.2) is 44.4 Å². The van der Waals surface area contributed by atoms with Crippen molar-refractivity contribution in [3.63, 3.8) is 0 Å². The van der Waals surface area contributed by atoms with Gasteiger partial charge in [-0.3, -0.25) is 0 Å². The molecule has 0 unspecified atom stereocenters. The molecule has 0 spiro atoms.